The van der Waals surface area contributed by atoms with Crippen LogP contribution in [0.5, 0.6) is 5.75 Å². The molecule has 0 spiro atoms. The third kappa shape index (κ3) is 6.89. The number of hydrogen-bond donors (Lipinski definition) is 0. The molecule has 0 N–H and O–H groups in total. The van der Waals surface area contributed by atoms with E-state index in [0.717, 1.165) is 39.8 Å². The molecular weight excluding hydrogens is 524 g/mol. The molecule has 0 aliphatic rings. The fourth-order valence-corrected chi connectivity index (χ4v) is 5.14. The molecule has 0 saturated carbocycles. The second-order valence-corrected chi connectivity index (χ2v) is 10.3. The fourth-order valence-electron chi connectivity index (χ4n) is 5.14. The largest absolute Gasteiger partial charge is 0.488 e. The van der Waals surface area contributed by atoms with E-state index < -0.39 is 0 Å². The highest BCUT2D eigenvalue weighted by Gasteiger charge is 2.20. The smallest absolute Gasteiger partial charge is 0.338 e. The molecule has 0 aliphatic heterocycles. The number of esters is 1. The van der Waals surface area contributed by atoms with Gasteiger partial charge in [-0.25, -0.2) is 4.79 Å². The predicted octanol–water partition coefficient (Wildman–Crippen LogP) is 6.69. The van der Waals surface area contributed by atoms with Gasteiger partial charge >= 0.3 is 5.97 Å². The molecule has 6 nitrogen and oxygen atoms in total. The monoisotopic (exact) mass is 560 g/mol. The summed E-state index contributed by atoms with van der Waals surface area (Å²) in [5.74, 6) is 0.424. The first-order valence-corrected chi connectivity index (χ1v) is 14.3. The Kier molecular flexibility index (Phi) is 9.34. The SMILES string of the molecule is CCOC(=O)c1ccccc1Cc1cn(CC(=O)N(C)CCc2ccccc2)c2cccc(OCc3ccccc3)c12. The standard InChI is InChI=1S/C36H36N2O4/c1-3-41-36(40)31-18-11-10-17-29(31)23-30-24-38(25-34(39)37(2)22-21-27-13-6-4-7-14-27)32-19-12-20-33(35(30)32)42-26-28-15-8-5-9-16-28/h4-20,24H,3,21-23,25-26H2,1-2H3. The molecule has 0 fully saturated rings. The molecule has 1 aromatic heterocycles. The summed E-state index contributed by atoms with van der Waals surface area (Å²) in [7, 11) is 1.85. The fraction of sp³-hybridized carbons (Fsp3) is 0.222. The van der Waals surface area contributed by atoms with Gasteiger partial charge in [0.25, 0.3) is 0 Å². The van der Waals surface area contributed by atoms with Crippen molar-refractivity contribution in [3.8, 4) is 5.75 Å². The van der Waals surface area contributed by atoms with Crippen LogP contribution in [0.2, 0.25) is 0 Å². The lowest BCUT2D eigenvalue weighted by Crippen LogP contribution is -2.31. The molecule has 1 heterocycles. The molecule has 0 radical (unpaired) electrons. The van der Waals surface area contributed by atoms with E-state index in [0.29, 0.717) is 31.7 Å². The van der Waals surface area contributed by atoms with Crippen LogP contribution < -0.4 is 4.74 Å². The first-order valence-electron chi connectivity index (χ1n) is 14.3. The summed E-state index contributed by atoms with van der Waals surface area (Å²) in [5, 5.41) is 0.937. The summed E-state index contributed by atoms with van der Waals surface area (Å²) in [6.07, 6.45) is 3.30. The molecule has 0 unspecified atom stereocenters. The number of carbonyl (C=O) groups excluding carboxylic acids is 2. The van der Waals surface area contributed by atoms with Gasteiger partial charge in [-0.2, -0.15) is 0 Å². The molecule has 42 heavy (non-hydrogen) atoms. The second-order valence-electron chi connectivity index (χ2n) is 10.3. The number of rotatable bonds is 12. The molecule has 6 heteroatoms. The molecule has 0 atom stereocenters. The van der Waals surface area contributed by atoms with Crippen molar-refractivity contribution < 1.29 is 19.1 Å². The van der Waals surface area contributed by atoms with E-state index in [9.17, 15) is 9.59 Å². The lowest BCUT2D eigenvalue weighted by Gasteiger charge is -2.18. The van der Waals surface area contributed by atoms with Crippen LogP contribution in [-0.2, 0) is 35.5 Å². The zero-order chi connectivity index (χ0) is 29.3. The Morgan fingerprint density at radius 2 is 1.48 bits per heavy atom. The number of likely N-dealkylation sites (N-methyl/N-ethyl adjacent to an activating group) is 1. The summed E-state index contributed by atoms with van der Waals surface area (Å²) >= 11 is 0. The summed E-state index contributed by atoms with van der Waals surface area (Å²) in [5.41, 5.74) is 5.56. The number of amides is 1. The molecule has 0 aliphatic carbocycles. The van der Waals surface area contributed by atoms with Gasteiger partial charge in [-0.3, -0.25) is 4.79 Å². The number of ether oxygens (including phenoxy) is 2. The number of carbonyl (C=O) groups is 2. The lowest BCUT2D eigenvalue weighted by molar-refractivity contribution is -0.130. The molecular formula is C36H36N2O4. The van der Waals surface area contributed by atoms with E-state index in [1.165, 1.54) is 5.56 Å². The van der Waals surface area contributed by atoms with Crippen LogP contribution >= 0.6 is 0 Å². The maximum atomic E-state index is 13.4. The highest BCUT2D eigenvalue weighted by molar-refractivity contribution is 5.93. The molecule has 5 aromatic rings. The van der Waals surface area contributed by atoms with Crippen molar-refractivity contribution in [1.82, 2.24) is 9.47 Å². The minimum absolute atomic E-state index is 0.0249. The maximum absolute atomic E-state index is 13.4. The van der Waals surface area contributed by atoms with E-state index in [1.807, 2.05) is 103 Å². The summed E-state index contributed by atoms with van der Waals surface area (Å²) in [6, 6.07) is 33.7. The zero-order valence-corrected chi connectivity index (χ0v) is 24.2. The molecule has 0 bridgehead atoms. The van der Waals surface area contributed by atoms with Crippen LogP contribution in [0, 0.1) is 0 Å². The number of aromatic nitrogens is 1. The van der Waals surface area contributed by atoms with E-state index >= 15 is 0 Å². The molecule has 5 rings (SSSR count). The Labute approximate surface area is 247 Å². The van der Waals surface area contributed by atoms with Gasteiger partial charge in [-0.05, 0) is 53.8 Å². The van der Waals surface area contributed by atoms with Gasteiger partial charge in [0, 0.05) is 31.6 Å². The summed E-state index contributed by atoms with van der Waals surface area (Å²) < 4.78 is 13.7. The number of hydrogen-bond acceptors (Lipinski definition) is 4. The van der Waals surface area contributed by atoms with Crippen molar-refractivity contribution in [1.29, 1.82) is 0 Å². The van der Waals surface area contributed by atoms with Crippen LogP contribution in [0.3, 0.4) is 0 Å². The number of fused-ring (bicyclic) bond motifs is 1. The minimum atomic E-state index is -0.340. The van der Waals surface area contributed by atoms with E-state index in [2.05, 4.69) is 12.1 Å². The summed E-state index contributed by atoms with van der Waals surface area (Å²) in [6.45, 7) is 3.37. The molecule has 214 valence electrons. The van der Waals surface area contributed by atoms with Gasteiger partial charge in [0.15, 0.2) is 0 Å². The normalized spacial score (nSPS) is 10.9. The Morgan fingerprint density at radius 1 is 0.786 bits per heavy atom. The highest BCUT2D eigenvalue weighted by atomic mass is 16.5. The van der Waals surface area contributed by atoms with Crippen LogP contribution in [0.4, 0.5) is 0 Å². The van der Waals surface area contributed by atoms with Crippen molar-refractivity contribution in [2.24, 2.45) is 0 Å². The van der Waals surface area contributed by atoms with Gasteiger partial charge in [-0.15, -0.1) is 0 Å². The van der Waals surface area contributed by atoms with Crippen LogP contribution in [0.25, 0.3) is 10.9 Å². The second kappa shape index (κ2) is 13.7. The minimum Gasteiger partial charge on any atom is -0.488 e. The van der Waals surface area contributed by atoms with Gasteiger partial charge in [0.2, 0.25) is 5.91 Å². The molecule has 4 aromatic carbocycles. The van der Waals surface area contributed by atoms with Crippen molar-refractivity contribution in [2.45, 2.75) is 32.9 Å². The van der Waals surface area contributed by atoms with E-state index in [-0.39, 0.29) is 18.4 Å². The van der Waals surface area contributed by atoms with E-state index in [1.54, 1.807) is 17.9 Å². The Hall–Kier alpha value is -4.84. The van der Waals surface area contributed by atoms with Crippen LogP contribution in [0.1, 0.15) is 39.5 Å². The average Bonchev–Trinajstić information content (AvgIpc) is 3.37. The Bertz CT molecular complexity index is 1640. The van der Waals surface area contributed by atoms with Gasteiger partial charge < -0.3 is 18.9 Å². The molecule has 1 amide bonds. The van der Waals surface area contributed by atoms with Gasteiger partial charge in [0.1, 0.15) is 18.9 Å². The van der Waals surface area contributed by atoms with Crippen molar-refractivity contribution in [3.63, 3.8) is 0 Å². The number of nitrogens with zero attached hydrogens (tertiary/aromatic N) is 2. The first kappa shape index (κ1) is 28.7. The third-order valence-corrected chi connectivity index (χ3v) is 7.39. The van der Waals surface area contributed by atoms with Crippen molar-refractivity contribution in [2.75, 3.05) is 20.2 Å². The van der Waals surface area contributed by atoms with Gasteiger partial charge in [-0.1, -0.05) is 84.9 Å². The van der Waals surface area contributed by atoms with Crippen molar-refractivity contribution in [3.05, 3.63) is 137 Å². The quantitative estimate of drug-likeness (QED) is 0.160. The zero-order valence-electron chi connectivity index (χ0n) is 24.2. The van der Waals surface area contributed by atoms with Gasteiger partial charge in [0.05, 0.1) is 17.7 Å². The Morgan fingerprint density at radius 3 is 2.21 bits per heavy atom. The predicted molar refractivity (Wildman–Crippen MR) is 166 cm³/mol. The average molecular weight is 561 g/mol. The molecule has 0 saturated heterocycles. The van der Waals surface area contributed by atoms with Crippen LogP contribution in [-0.4, -0.2) is 41.5 Å². The summed E-state index contributed by atoms with van der Waals surface area (Å²) in [4.78, 5) is 27.9. The third-order valence-electron chi connectivity index (χ3n) is 7.39. The van der Waals surface area contributed by atoms with Crippen molar-refractivity contribution >= 4 is 22.8 Å². The maximum Gasteiger partial charge on any atom is 0.338 e. The first-order chi connectivity index (χ1) is 20.5. The lowest BCUT2D eigenvalue weighted by atomic mass is 9.99. The highest BCUT2D eigenvalue weighted by Crippen LogP contribution is 2.33. The van der Waals surface area contributed by atoms with E-state index in [4.69, 9.17) is 9.47 Å². The Balaban J connectivity index is 1.46. The van der Waals surface area contributed by atoms with Crippen LogP contribution in [0.15, 0.2) is 109 Å². The topological polar surface area (TPSA) is 60.8 Å². The number of benzene rings is 4.